The zero-order valence-electron chi connectivity index (χ0n) is 37.9. The van der Waals surface area contributed by atoms with Crippen LogP contribution in [0.1, 0.15) is 0 Å². The van der Waals surface area contributed by atoms with E-state index in [-0.39, 0.29) is 0 Å². The van der Waals surface area contributed by atoms with E-state index in [0.29, 0.717) is 0 Å². The van der Waals surface area contributed by atoms with Gasteiger partial charge in [0, 0.05) is 16.5 Å². The number of nitrogens with zero attached hydrogens (tertiary/aromatic N) is 1. The van der Waals surface area contributed by atoms with Gasteiger partial charge in [-0.05, 0) is 154 Å². The van der Waals surface area contributed by atoms with Crippen molar-refractivity contribution < 1.29 is 0 Å². The van der Waals surface area contributed by atoms with Gasteiger partial charge in [0.25, 0.3) is 0 Å². The van der Waals surface area contributed by atoms with Gasteiger partial charge in [0.15, 0.2) is 0 Å². The van der Waals surface area contributed by atoms with Crippen LogP contribution in [0.15, 0.2) is 273 Å². The number of aromatic nitrogens is 1. The summed E-state index contributed by atoms with van der Waals surface area (Å²) < 4.78 is 2.45. The minimum Gasteiger partial charge on any atom is -0.309 e. The standard InChI is InChI=1S/C68H45N/c1-5-17-46(18-6-1)51-31-37-58(62(41-51)48-21-9-3-10-22-48)54-33-39-67-65(44-54)66-45-55(59-38-32-52(47-19-7-2-8-20-47)42-63(59)49-23-11-4-12-24-49)34-40-68(66)69(67)56-35-29-50(30-36-56)64-43-53-25-13-14-26-57(53)60-27-15-16-28-61(60)64/h1-45H. The molecule has 0 atom stereocenters. The monoisotopic (exact) mass is 875 g/mol. The second-order valence-corrected chi connectivity index (χ2v) is 18.0. The highest BCUT2D eigenvalue weighted by Gasteiger charge is 2.19. The molecule has 322 valence electrons. The third kappa shape index (κ3) is 7.20. The van der Waals surface area contributed by atoms with Gasteiger partial charge in [0.2, 0.25) is 0 Å². The van der Waals surface area contributed by atoms with Gasteiger partial charge in [-0.2, -0.15) is 0 Å². The van der Waals surface area contributed by atoms with Crippen molar-refractivity contribution in [1.29, 1.82) is 0 Å². The summed E-state index contributed by atoms with van der Waals surface area (Å²) in [5, 5.41) is 7.49. The Balaban J connectivity index is 1.01. The number of rotatable bonds is 8. The van der Waals surface area contributed by atoms with Crippen LogP contribution in [0.5, 0.6) is 0 Å². The highest BCUT2D eigenvalue weighted by molar-refractivity contribution is 6.15. The van der Waals surface area contributed by atoms with Gasteiger partial charge in [-0.25, -0.2) is 0 Å². The van der Waals surface area contributed by atoms with E-state index in [2.05, 4.69) is 278 Å². The molecule has 1 nitrogen and oxygen atoms in total. The van der Waals surface area contributed by atoms with Crippen LogP contribution in [-0.2, 0) is 0 Å². The average molecular weight is 876 g/mol. The zero-order chi connectivity index (χ0) is 45.7. The van der Waals surface area contributed by atoms with Gasteiger partial charge in [-0.1, -0.05) is 218 Å². The summed E-state index contributed by atoms with van der Waals surface area (Å²) in [5.41, 5.74) is 20.3. The van der Waals surface area contributed by atoms with Gasteiger partial charge in [0.05, 0.1) is 11.0 Å². The Hall–Kier alpha value is -9.04. The molecule has 0 amide bonds. The first-order valence-electron chi connectivity index (χ1n) is 23.8. The number of hydrogen-bond acceptors (Lipinski definition) is 0. The molecule has 0 spiro atoms. The molecule has 0 aliphatic heterocycles. The highest BCUT2D eigenvalue weighted by atomic mass is 15.0. The molecule has 13 rings (SSSR count). The summed E-state index contributed by atoms with van der Waals surface area (Å²) in [5.74, 6) is 0. The lowest BCUT2D eigenvalue weighted by molar-refractivity contribution is 1.18. The van der Waals surface area contributed by atoms with E-state index in [9.17, 15) is 0 Å². The van der Waals surface area contributed by atoms with Crippen molar-refractivity contribution in [2.24, 2.45) is 0 Å². The Kier molecular flexibility index (Phi) is 9.91. The van der Waals surface area contributed by atoms with E-state index in [0.717, 1.165) is 5.69 Å². The molecule has 0 saturated carbocycles. The van der Waals surface area contributed by atoms with Crippen molar-refractivity contribution in [3.63, 3.8) is 0 Å². The lowest BCUT2D eigenvalue weighted by Crippen LogP contribution is -1.94. The first-order chi connectivity index (χ1) is 34.2. The molecule has 69 heavy (non-hydrogen) atoms. The molecule has 12 aromatic carbocycles. The van der Waals surface area contributed by atoms with Crippen LogP contribution in [0.2, 0.25) is 0 Å². The van der Waals surface area contributed by atoms with Gasteiger partial charge < -0.3 is 4.57 Å². The van der Waals surface area contributed by atoms with Crippen molar-refractivity contribution >= 4 is 43.4 Å². The van der Waals surface area contributed by atoms with E-state index in [1.807, 2.05) is 0 Å². The third-order valence-electron chi connectivity index (χ3n) is 14.0. The minimum atomic E-state index is 1.12. The fourth-order valence-corrected chi connectivity index (χ4v) is 10.6. The molecule has 1 aromatic heterocycles. The van der Waals surface area contributed by atoms with Crippen LogP contribution >= 0.6 is 0 Å². The molecule has 0 bridgehead atoms. The Morgan fingerprint density at radius 2 is 0.580 bits per heavy atom. The maximum absolute atomic E-state index is 2.45. The minimum absolute atomic E-state index is 1.12. The third-order valence-corrected chi connectivity index (χ3v) is 14.0. The lowest BCUT2D eigenvalue weighted by atomic mass is 9.90. The van der Waals surface area contributed by atoms with Crippen LogP contribution in [0.4, 0.5) is 0 Å². The average Bonchev–Trinajstić information content (AvgIpc) is 3.76. The van der Waals surface area contributed by atoms with Crippen molar-refractivity contribution in [2.75, 3.05) is 0 Å². The molecule has 0 aliphatic carbocycles. The first kappa shape index (κ1) is 40.3. The summed E-state index contributed by atoms with van der Waals surface area (Å²) in [6.45, 7) is 0. The SMILES string of the molecule is c1ccc(-c2ccc(-c3ccc4c(c3)c3cc(-c5ccc(-c6ccccc6)cc5-c5ccccc5)ccc3n4-c3ccc(-c4cc5ccccc5c5ccccc45)cc3)c(-c3ccccc3)c2)cc1. The number of benzene rings is 12. The van der Waals surface area contributed by atoms with Crippen LogP contribution in [0.25, 0.3) is 127 Å². The number of hydrogen-bond donors (Lipinski definition) is 0. The van der Waals surface area contributed by atoms with Crippen LogP contribution < -0.4 is 0 Å². The molecule has 13 aromatic rings. The van der Waals surface area contributed by atoms with Crippen molar-refractivity contribution in [3.05, 3.63) is 273 Å². The molecule has 0 saturated heterocycles. The van der Waals surface area contributed by atoms with Gasteiger partial charge in [-0.15, -0.1) is 0 Å². The van der Waals surface area contributed by atoms with E-state index in [1.54, 1.807) is 0 Å². The second kappa shape index (κ2) is 17.0. The van der Waals surface area contributed by atoms with Gasteiger partial charge in [-0.3, -0.25) is 0 Å². The molecular formula is C68H45N. The predicted molar refractivity (Wildman–Crippen MR) is 294 cm³/mol. The molecule has 1 heteroatoms. The Morgan fingerprint density at radius 1 is 0.188 bits per heavy atom. The van der Waals surface area contributed by atoms with Crippen LogP contribution in [-0.4, -0.2) is 4.57 Å². The molecular weight excluding hydrogens is 831 g/mol. The number of fused-ring (bicyclic) bond motifs is 6. The lowest BCUT2D eigenvalue weighted by Gasteiger charge is -2.14. The van der Waals surface area contributed by atoms with Crippen LogP contribution in [0.3, 0.4) is 0 Å². The topological polar surface area (TPSA) is 4.93 Å². The summed E-state index contributed by atoms with van der Waals surface area (Å²) in [6, 6.07) is 100. The van der Waals surface area contributed by atoms with Crippen molar-refractivity contribution in [2.45, 2.75) is 0 Å². The molecule has 0 aliphatic rings. The van der Waals surface area contributed by atoms with E-state index in [4.69, 9.17) is 0 Å². The van der Waals surface area contributed by atoms with Crippen LogP contribution in [0, 0.1) is 0 Å². The molecule has 1 heterocycles. The predicted octanol–water partition coefficient (Wildman–Crippen LogP) is 18.8. The van der Waals surface area contributed by atoms with E-state index < -0.39 is 0 Å². The molecule has 0 fully saturated rings. The fourth-order valence-electron chi connectivity index (χ4n) is 10.6. The van der Waals surface area contributed by atoms with Crippen molar-refractivity contribution in [3.8, 4) is 83.6 Å². The first-order valence-corrected chi connectivity index (χ1v) is 23.8. The van der Waals surface area contributed by atoms with E-state index in [1.165, 1.54) is 121 Å². The summed E-state index contributed by atoms with van der Waals surface area (Å²) in [4.78, 5) is 0. The highest BCUT2D eigenvalue weighted by Crippen LogP contribution is 2.43. The largest absolute Gasteiger partial charge is 0.309 e. The van der Waals surface area contributed by atoms with Gasteiger partial charge in [0.1, 0.15) is 0 Å². The fraction of sp³-hybridized carbons (Fsp3) is 0. The second-order valence-electron chi connectivity index (χ2n) is 18.0. The zero-order valence-corrected chi connectivity index (χ0v) is 37.9. The smallest absolute Gasteiger partial charge is 0.0541 e. The maximum Gasteiger partial charge on any atom is 0.0541 e. The normalized spacial score (nSPS) is 11.5. The Morgan fingerprint density at radius 3 is 1.09 bits per heavy atom. The molecule has 0 radical (unpaired) electrons. The summed E-state index contributed by atoms with van der Waals surface area (Å²) in [7, 11) is 0. The summed E-state index contributed by atoms with van der Waals surface area (Å²) in [6.07, 6.45) is 0. The molecule has 0 unspecified atom stereocenters. The van der Waals surface area contributed by atoms with Crippen molar-refractivity contribution in [1.82, 2.24) is 4.57 Å². The molecule has 0 N–H and O–H groups in total. The Bertz CT molecular complexity index is 3830. The van der Waals surface area contributed by atoms with E-state index >= 15 is 0 Å². The van der Waals surface area contributed by atoms with Gasteiger partial charge >= 0.3 is 0 Å². The summed E-state index contributed by atoms with van der Waals surface area (Å²) >= 11 is 0. The quantitative estimate of drug-likeness (QED) is 0.134. The Labute approximate surface area is 402 Å². The maximum atomic E-state index is 2.45.